The van der Waals surface area contributed by atoms with Crippen molar-refractivity contribution in [1.82, 2.24) is 9.78 Å². The van der Waals surface area contributed by atoms with E-state index in [4.69, 9.17) is 4.74 Å². The Kier molecular flexibility index (Phi) is 2.23. The minimum atomic E-state index is 0.829. The van der Waals surface area contributed by atoms with E-state index in [0.29, 0.717) is 0 Å². The lowest BCUT2D eigenvalue weighted by molar-refractivity contribution is 0.411. The van der Waals surface area contributed by atoms with Gasteiger partial charge in [-0.3, -0.25) is 0 Å². The van der Waals surface area contributed by atoms with Crippen molar-refractivity contribution in [1.29, 1.82) is 0 Å². The van der Waals surface area contributed by atoms with Crippen molar-refractivity contribution >= 4 is 0 Å². The molecule has 1 aromatic heterocycles. The molecule has 0 spiro atoms. The molecular formula is C11H12N2O. The van der Waals surface area contributed by atoms with Gasteiger partial charge in [-0.2, -0.15) is 5.10 Å². The first kappa shape index (κ1) is 8.81. The number of para-hydroxylation sites is 2. The predicted molar refractivity (Wildman–Crippen MR) is 54.9 cm³/mol. The van der Waals surface area contributed by atoms with Crippen LogP contribution in [-0.4, -0.2) is 16.9 Å². The Hall–Kier alpha value is -1.77. The van der Waals surface area contributed by atoms with Crippen molar-refractivity contribution in [2.75, 3.05) is 7.11 Å². The molecule has 0 fully saturated rings. The number of aryl methyl sites for hydroxylation is 1. The van der Waals surface area contributed by atoms with Crippen molar-refractivity contribution < 1.29 is 4.74 Å². The maximum atomic E-state index is 5.25. The molecule has 0 N–H and O–H groups in total. The molecule has 0 saturated carbocycles. The van der Waals surface area contributed by atoms with E-state index < -0.39 is 0 Å². The van der Waals surface area contributed by atoms with E-state index in [1.165, 1.54) is 0 Å². The summed E-state index contributed by atoms with van der Waals surface area (Å²) in [6, 6.07) is 9.78. The first-order valence-electron chi connectivity index (χ1n) is 4.47. The van der Waals surface area contributed by atoms with E-state index >= 15 is 0 Å². The van der Waals surface area contributed by atoms with Gasteiger partial charge in [0.05, 0.1) is 12.8 Å². The first-order valence-corrected chi connectivity index (χ1v) is 4.47. The zero-order valence-corrected chi connectivity index (χ0v) is 8.27. The molecule has 3 heteroatoms. The summed E-state index contributed by atoms with van der Waals surface area (Å²) in [5.41, 5.74) is 1.96. The van der Waals surface area contributed by atoms with Crippen molar-refractivity contribution in [2.45, 2.75) is 6.92 Å². The molecule has 0 atom stereocenters. The molecule has 2 aromatic rings. The smallest absolute Gasteiger partial charge is 0.144 e. The van der Waals surface area contributed by atoms with Crippen LogP contribution in [0.15, 0.2) is 36.5 Å². The van der Waals surface area contributed by atoms with Crippen LogP contribution in [0.5, 0.6) is 5.75 Å². The van der Waals surface area contributed by atoms with Gasteiger partial charge >= 0.3 is 0 Å². The molecular weight excluding hydrogens is 176 g/mol. The predicted octanol–water partition coefficient (Wildman–Crippen LogP) is 2.19. The van der Waals surface area contributed by atoms with Crippen LogP contribution < -0.4 is 4.74 Å². The number of rotatable bonds is 2. The van der Waals surface area contributed by atoms with Crippen molar-refractivity contribution in [3.63, 3.8) is 0 Å². The second-order valence-electron chi connectivity index (χ2n) is 3.07. The minimum absolute atomic E-state index is 0.829. The summed E-state index contributed by atoms with van der Waals surface area (Å²) in [6.45, 7) is 1.96. The fourth-order valence-corrected chi connectivity index (χ4v) is 1.37. The Bertz CT molecular complexity index is 434. The fourth-order valence-electron chi connectivity index (χ4n) is 1.37. The van der Waals surface area contributed by atoms with Gasteiger partial charge in [-0.15, -0.1) is 0 Å². The molecule has 0 aliphatic carbocycles. The third-order valence-corrected chi connectivity index (χ3v) is 2.05. The highest BCUT2D eigenvalue weighted by Gasteiger charge is 2.03. The molecule has 0 saturated heterocycles. The molecule has 0 aliphatic heterocycles. The molecule has 3 nitrogen and oxygen atoms in total. The molecule has 0 radical (unpaired) electrons. The van der Waals surface area contributed by atoms with Crippen LogP contribution in [0, 0.1) is 6.92 Å². The van der Waals surface area contributed by atoms with E-state index in [0.717, 1.165) is 17.1 Å². The van der Waals surface area contributed by atoms with Gasteiger partial charge < -0.3 is 4.74 Å². The lowest BCUT2D eigenvalue weighted by Gasteiger charge is -2.07. The van der Waals surface area contributed by atoms with Crippen LogP contribution in [0.4, 0.5) is 0 Å². The summed E-state index contributed by atoms with van der Waals surface area (Å²) in [5.74, 6) is 0.829. The van der Waals surface area contributed by atoms with Crippen LogP contribution in [0.3, 0.4) is 0 Å². The summed E-state index contributed by atoms with van der Waals surface area (Å²) in [4.78, 5) is 0. The van der Waals surface area contributed by atoms with Gasteiger partial charge in [-0.05, 0) is 25.1 Å². The number of hydrogen-bond donors (Lipinski definition) is 0. The number of methoxy groups -OCH3 is 1. The molecule has 0 bridgehead atoms. The maximum absolute atomic E-state index is 5.25. The molecule has 0 amide bonds. The van der Waals surface area contributed by atoms with Crippen LogP contribution in [-0.2, 0) is 0 Å². The lowest BCUT2D eigenvalue weighted by Crippen LogP contribution is -1.98. The number of hydrogen-bond acceptors (Lipinski definition) is 2. The minimum Gasteiger partial charge on any atom is -0.494 e. The monoisotopic (exact) mass is 188 g/mol. The van der Waals surface area contributed by atoms with E-state index in [1.807, 2.05) is 48.1 Å². The van der Waals surface area contributed by atoms with Crippen LogP contribution >= 0.6 is 0 Å². The highest BCUT2D eigenvalue weighted by molar-refractivity contribution is 5.45. The molecule has 0 aliphatic rings. The summed E-state index contributed by atoms with van der Waals surface area (Å²) in [5, 5.41) is 4.33. The van der Waals surface area contributed by atoms with Crippen LogP contribution in [0.1, 0.15) is 5.69 Å². The fraction of sp³-hybridized carbons (Fsp3) is 0.182. The second-order valence-corrected chi connectivity index (χ2v) is 3.07. The van der Waals surface area contributed by atoms with Gasteiger partial charge in [0.15, 0.2) is 0 Å². The number of aromatic nitrogens is 2. The average molecular weight is 188 g/mol. The lowest BCUT2D eigenvalue weighted by atomic mass is 10.3. The Labute approximate surface area is 82.9 Å². The number of benzene rings is 1. The van der Waals surface area contributed by atoms with Crippen molar-refractivity contribution in [2.24, 2.45) is 0 Å². The Morgan fingerprint density at radius 3 is 2.64 bits per heavy atom. The SMILES string of the molecule is COc1ccccc1-n1ccc(C)n1. The average Bonchev–Trinajstić information content (AvgIpc) is 2.65. The molecule has 1 aromatic carbocycles. The normalized spacial score (nSPS) is 10.1. The third-order valence-electron chi connectivity index (χ3n) is 2.05. The van der Waals surface area contributed by atoms with Gasteiger partial charge in [0.2, 0.25) is 0 Å². The third kappa shape index (κ3) is 1.48. The topological polar surface area (TPSA) is 27.1 Å². The first-order chi connectivity index (χ1) is 6.81. The largest absolute Gasteiger partial charge is 0.494 e. The molecule has 14 heavy (non-hydrogen) atoms. The quantitative estimate of drug-likeness (QED) is 0.722. The Balaban J connectivity index is 2.50. The van der Waals surface area contributed by atoms with Crippen LogP contribution in [0.2, 0.25) is 0 Å². The van der Waals surface area contributed by atoms with Gasteiger partial charge in [-0.1, -0.05) is 12.1 Å². The highest BCUT2D eigenvalue weighted by atomic mass is 16.5. The van der Waals surface area contributed by atoms with Gasteiger partial charge in [0.25, 0.3) is 0 Å². The standard InChI is InChI=1S/C11H12N2O/c1-9-7-8-13(12-9)10-5-3-4-6-11(10)14-2/h3-8H,1-2H3. The van der Waals surface area contributed by atoms with Gasteiger partial charge in [0.1, 0.15) is 11.4 Å². The zero-order chi connectivity index (χ0) is 9.97. The van der Waals surface area contributed by atoms with E-state index in [2.05, 4.69) is 5.10 Å². The zero-order valence-electron chi connectivity index (χ0n) is 8.27. The Morgan fingerprint density at radius 2 is 2.00 bits per heavy atom. The summed E-state index contributed by atoms with van der Waals surface area (Å²) in [7, 11) is 1.66. The molecule has 0 unspecified atom stereocenters. The molecule has 1 heterocycles. The summed E-state index contributed by atoms with van der Waals surface area (Å²) >= 11 is 0. The molecule has 72 valence electrons. The highest BCUT2D eigenvalue weighted by Crippen LogP contribution is 2.20. The van der Waals surface area contributed by atoms with E-state index in [1.54, 1.807) is 7.11 Å². The van der Waals surface area contributed by atoms with Crippen molar-refractivity contribution in [3.05, 3.63) is 42.2 Å². The summed E-state index contributed by atoms with van der Waals surface area (Å²) < 4.78 is 7.06. The Morgan fingerprint density at radius 1 is 1.21 bits per heavy atom. The van der Waals surface area contributed by atoms with Crippen molar-refractivity contribution in [3.8, 4) is 11.4 Å². The maximum Gasteiger partial charge on any atom is 0.144 e. The molecule has 2 rings (SSSR count). The van der Waals surface area contributed by atoms with E-state index in [-0.39, 0.29) is 0 Å². The summed E-state index contributed by atoms with van der Waals surface area (Å²) in [6.07, 6.45) is 1.92. The van der Waals surface area contributed by atoms with E-state index in [9.17, 15) is 0 Å². The van der Waals surface area contributed by atoms with Gasteiger partial charge in [-0.25, -0.2) is 4.68 Å². The number of ether oxygens (including phenoxy) is 1. The number of nitrogens with zero attached hydrogens (tertiary/aromatic N) is 2. The van der Waals surface area contributed by atoms with Crippen LogP contribution in [0.25, 0.3) is 5.69 Å². The second kappa shape index (κ2) is 3.54. The van der Waals surface area contributed by atoms with Gasteiger partial charge in [0, 0.05) is 6.20 Å².